The van der Waals surface area contributed by atoms with Gasteiger partial charge in [0.1, 0.15) is 0 Å². The highest BCUT2D eigenvalue weighted by Crippen LogP contribution is 2.31. The van der Waals surface area contributed by atoms with Crippen molar-refractivity contribution in [2.24, 2.45) is 5.92 Å². The van der Waals surface area contributed by atoms with E-state index in [4.69, 9.17) is 11.6 Å². The molecule has 1 unspecified atom stereocenters. The van der Waals surface area contributed by atoms with E-state index in [2.05, 4.69) is 15.5 Å². The minimum absolute atomic E-state index is 0. The van der Waals surface area contributed by atoms with E-state index in [0.29, 0.717) is 17.4 Å². The summed E-state index contributed by atoms with van der Waals surface area (Å²) in [5.74, 6) is 2.99. The first kappa shape index (κ1) is 22.7. The van der Waals surface area contributed by atoms with Gasteiger partial charge in [0, 0.05) is 36.0 Å². The second kappa shape index (κ2) is 11.4. The minimum atomic E-state index is 0. The molecule has 3 rings (SSSR count). The number of thioether (sulfide) groups is 1. The molecule has 1 atom stereocenters. The van der Waals surface area contributed by atoms with Crippen molar-refractivity contribution < 1.29 is 4.79 Å². The first-order valence-electron chi connectivity index (χ1n) is 8.35. The molecule has 2 N–H and O–H groups in total. The van der Waals surface area contributed by atoms with Crippen LogP contribution in [-0.4, -0.2) is 43.6 Å². The lowest BCUT2D eigenvalue weighted by Gasteiger charge is -2.30. The summed E-state index contributed by atoms with van der Waals surface area (Å²) >= 11 is 8.12. The molecule has 1 aromatic rings. The largest absolute Gasteiger partial charge is 0.368 e. The van der Waals surface area contributed by atoms with Gasteiger partial charge in [-0.25, -0.2) is 0 Å². The van der Waals surface area contributed by atoms with Crippen molar-refractivity contribution in [3.05, 3.63) is 23.2 Å². The molecule has 0 aromatic heterocycles. The summed E-state index contributed by atoms with van der Waals surface area (Å²) in [4.78, 5) is 14.7. The van der Waals surface area contributed by atoms with Crippen molar-refractivity contribution in [1.82, 2.24) is 5.32 Å². The predicted molar refractivity (Wildman–Crippen MR) is 114 cm³/mol. The Kier molecular flexibility index (Phi) is 10.4. The van der Waals surface area contributed by atoms with Crippen LogP contribution in [0.2, 0.25) is 5.02 Å². The first-order chi connectivity index (χ1) is 11.2. The molecular formula is C17H26Cl3N3OS. The maximum atomic E-state index is 12.3. The number of benzene rings is 1. The van der Waals surface area contributed by atoms with Gasteiger partial charge in [-0.05, 0) is 50.0 Å². The van der Waals surface area contributed by atoms with Crippen LogP contribution >= 0.6 is 48.2 Å². The lowest BCUT2D eigenvalue weighted by molar-refractivity contribution is -0.116. The Balaban J connectivity index is 0.00000156. The third-order valence-electron chi connectivity index (χ3n) is 4.53. The highest BCUT2D eigenvalue weighted by molar-refractivity contribution is 7.99. The molecule has 2 saturated heterocycles. The highest BCUT2D eigenvalue weighted by atomic mass is 35.5. The maximum absolute atomic E-state index is 12.3. The van der Waals surface area contributed by atoms with Crippen LogP contribution in [0, 0.1) is 5.92 Å². The Labute approximate surface area is 171 Å². The number of anilines is 2. The molecule has 1 aromatic carbocycles. The number of nitrogens with zero attached hydrogens (tertiary/aromatic N) is 1. The molecule has 0 aliphatic carbocycles. The topological polar surface area (TPSA) is 44.4 Å². The normalized spacial score (nSPS) is 19.7. The van der Waals surface area contributed by atoms with Gasteiger partial charge in [-0.3, -0.25) is 4.79 Å². The maximum Gasteiger partial charge on any atom is 0.224 e. The van der Waals surface area contributed by atoms with Crippen molar-refractivity contribution >= 4 is 65.5 Å². The molecule has 0 radical (unpaired) electrons. The van der Waals surface area contributed by atoms with Gasteiger partial charge in [-0.15, -0.1) is 24.8 Å². The average Bonchev–Trinajstić information content (AvgIpc) is 3.07. The van der Waals surface area contributed by atoms with Crippen molar-refractivity contribution in [2.75, 3.05) is 47.9 Å². The van der Waals surface area contributed by atoms with E-state index in [1.54, 1.807) is 0 Å². The second-order valence-electron chi connectivity index (χ2n) is 6.21. The molecule has 0 bridgehead atoms. The van der Waals surface area contributed by atoms with Crippen molar-refractivity contribution in [3.8, 4) is 0 Å². The fourth-order valence-corrected chi connectivity index (χ4v) is 4.27. The molecule has 2 aliphatic rings. The van der Waals surface area contributed by atoms with Crippen LogP contribution in [0.15, 0.2) is 18.2 Å². The molecule has 2 aliphatic heterocycles. The van der Waals surface area contributed by atoms with E-state index in [9.17, 15) is 4.79 Å². The van der Waals surface area contributed by atoms with Crippen molar-refractivity contribution in [1.29, 1.82) is 0 Å². The number of hydrogen-bond acceptors (Lipinski definition) is 4. The van der Waals surface area contributed by atoms with Gasteiger partial charge < -0.3 is 15.5 Å². The minimum Gasteiger partial charge on any atom is -0.368 e. The van der Waals surface area contributed by atoms with Gasteiger partial charge in [0.05, 0.1) is 11.4 Å². The Hall–Kier alpha value is -0.330. The number of halogens is 3. The van der Waals surface area contributed by atoms with Gasteiger partial charge in [0.25, 0.3) is 0 Å². The lowest BCUT2D eigenvalue weighted by Crippen LogP contribution is -2.33. The van der Waals surface area contributed by atoms with E-state index in [1.165, 1.54) is 6.42 Å². The Morgan fingerprint density at radius 2 is 2.08 bits per heavy atom. The molecule has 4 nitrogen and oxygen atoms in total. The Morgan fingerprint density at radius 1 is 1.32 bits per heavy atom. The number of nitrogens with one attached hydrogen (secondary N) is 2. The molecular weight excluding hydrogens is 401 g/mol. The third kappa shape index (κ3) is 6.72. The van der Waals surface area contributed by atoms with Gasteiger partial charge in [0.15, 0.2) is 0 Å². The van der Waals surface area contributed by atoms with Gasteiger partial charge in [-0.2, -0.15) is 11.8 Å². The second-order valence-corrected chi connectivity index (χ2v) is 7.87. The molecule has 142 valence electrons. The number of amides is 1. The molecule has 2 heterocycles. The monoisotopic (exact) mass is 425 g/mol. The number of carbonyl (C=O) groups is 1. The van der Waals surface area contributed by atoms with Crippen LogP contribution in [0.1, 0.15) is 19.3 Å². The molecule has 0 saturated carbocycles. The smallest absolute Gasteiger partial charge is 0.224 e. The molecule has 8 heteroatoms. The number of rotatable bonds is 5. The quantitative estimate of drug-likeness (QED) is 0.745. The van der Waals surface area contributed by atoms with Gasteiger partial charge in [0.2, 0.25) is 5.91 Å². The van der Waals surface area contributed by atoms with Crippen LogP contribution in [-0.2, 0) is 4.79 Å². The zero-order chi connectivity index (χ0) is 16.1. The van der Waals surface area contributed by atoms with Crippen LogP contribution in [0.3, 0.4) is 0 Å². The average molecular weight is 427 g/mol. The number of hydrogen-bond donors (Lipinski definition) is 2. The van der Waals surface area contributed by atoms with Crippen molar-refractivity contribution in [2.45, 2.75) is 19.3 Å². The van der Waals surface area contributed by atoms with E-state index < -0.39 is 0 Å². The first-order valence-corrected chi connectivity index (χ1v) is 9.88. The Morgan fingerprint density at radius 3 is 2.76 bits per heavy atom. The fraction of sp³-hybridized carbons (Fsp3) is 0.588. The summed E-state index contributed by atoms with van der Waals surface area (Å²) in [6, 6.07) is 5.79. The zero-order valence-corrected chi connectivity index (χ0v) is 17.3. The molecule has 25 heavy (non-hydrogen) atoms. The highest BCUT2D eigenvalue weighted by Gasteiger charge is 2.18. The summed E-state index contributed by atoms with van der Waals surface area (Å²) in [6.07, 6.45) is 2.71. The van der Waals surface area contributed by atoms with Crippen LogP contribution in [0.5, 0.6) is 0 Å². The van der Waals surface area contributed by atoms with E-state index in [1.807, 2.05) is 30.0 Å². The van der Waals surface area contributed by atoms with Gasteiger partial charge in [-0.1, -0.05) is 11.6 Å². The van der Waals surface area contributed by atoms with E-state index >= 15 is 0 Å². The van der Waals surface area contributed by atoms with E-state index in [-0.39, 0.29) is 30.7 Å². The summed E-state index contributed by atoms with van der Waals surface area (Å²) in [5.41, 5.74) is 1.93. The SMILES string of the molecule is Cl.Cl.O=C(CCC1CCNC1)Nc1cc(Cl)ccc1N1CCSCC1. The molecule has 1 amide bonds. The van der Waals surface area contributed by atoms with E-state index in [0.717, 1.165) is 55.5 Å². The summed E-state index contributed by atoms with van der Waals surface area (Å²) in [6.45, 7) is 4.16. The van der Waals surface area contributed by atoms with Crippen molar-refractivity contribution in [3.63, 3.8) is 0 Å². The predicted octanol–water partition coefficient (Wildman–Crippen LogP) is 4.07. The molecule has 2 fully saturated rings. The van der Waals surface area contributed by atoms with Crippen LogP contribution < -0.4 is 15.5 Å². The zero-order valence-electron chi connectivity index (χ0n) is 14.1. The standard InChI is InChI=1S/C17H24ClN3OS.2ClH/c18-14-2-3-16(21-7-9-23-10-8-21)15(11-14)20-17(22)4-1-13-5-6-19-12-13;;/h2-3,11,13,19H,1,4-10,12H2,(H,20,22);2*1H. The molecule has 0 spiro atoms. The fourth-order valence-electron chi connectivity index (χ4n) is 3.20. The van der Waals surface area contributed by atoms with Gasteiger partial charge >= 0.3 is 0 Å². The Bertz CT molecular complexity index is 550. The van der Waals surface area contributed by atoms with Crippen LogP contribution in [0.25, 0.3) is 0 Å². The number of carbonyl (C=O) groups excluding carboxylic acids is 1. The summed E-state index contributed by atoms with van der Waals surface area (Å²) in [7, 11) is 0. The summed E-state index contributed by atoms with van der Waals surface area (Å²) < 4.78 is 0. The lowest BCUT2D eigenvalue weighted by atomic mass is 10.0. The van der Waals surface area contributed by atoms with Crippen LogP contribution in [0.4, 0.5) is 11.4 Å². The summed E-state index contributed by atoms with van der Waals surface area (Å²) in [5, 5.41) is 7.09. The third-order valence-corrected chi connectivity index (χ3v) is 5.70.